The molecule has 25 heavy (non-hydrogen) atoms. The fourth-order valence-electron chi connectivity index (χ4n) is 3.83. The summed E-state index contributed by atoms with van der Waals surface area (Å²) in [5, 5.41) is 6.84. The number of carbonyl (C=O) groups is 1. The first-order valence-electron chi connectivity index (χ1n) is 9.65. The maximum atomic E-state index is 13.1. The Labute approximate surface area is 151 Å². The molecule has 1 aromatic rings. The van der Waals surface area contributed by atoms with E-state index in [0.717, 1.165) is 70.8 Å². The van der Waals surface area contributed by atoms with Crippen LogP contribution in [0.25, 0.3) is 0 Å². The zero-order valence-corrected chi connectivity index (χ0v) is 15.7. The Hall–Kier alpha value is -1.43. The van der Waals surface area contributed by atoms with Crippen LogP contribution in [-0.2, 0) is 0 Å². The molecule has 0 spiro atoms. The largest absolute Gasteiger partial charge is 0.370 e. The van der Waals surface area contributed by atoms with Gasteiger partial charge in [0.1, 0.15) is 0 Å². The zero-order chi connectivity index (χ0) is 17.7. The summed E-state index contributed by atoms with van der Waals surface area (Å²) in [7, 11) is 0. The number of hydrogen-bond donors (Lipinski definition) is 2. The average Bonchev–Trinajstić information content (AvgIpc) is 3.06. The van der Waals surface area contributed by atoms with Crippen LogP contribution >= 0.6 is 0 Å². The lowest BCUT2D eigenvalue weighted by molar-refractivity contribution is 0.0658. The highest BCUT2D eigenvalue weighted by atomic mass is 16.1. The molecular formula is C20H32N4O. The highest BCUT2D eigenvalue weighted by Crippen LogP contribution is 2.24. The second-order valence-corrected chi connectivity index (χ2v) is 7.62. The lowest BCUT2D eigenvalue weighted by Crippen LogP contribution is -2.51. The summed E-state index contributed by atoms with van der Waals surface area (Å²) in [6, 6.07) is 8.23. The van der Waals surface area contributed by atoms with E-state index in [2.05, 4.69) is 46.4 Å². The molecule has 0 amide bonds. The summed E-state index contributed by atoms with van der Waals surface area (Å²) in [6.45, 7) is 12.2. The zero-order valence-electron chi connectivity index (χ0n) is 15.7. The number of nitrogens with zero attached hydrogens (tertiary/aromatic N) is 2. The Balaban J connectivity index is 1.70. The van der Waals surface area contributed by atoms with E-state index < -0.39 is 5.54 Å². The maximum absolute atomic E-state index is 13.1. The van der Waals surface area contributed by atoms with Gasteiger partial charge in [-0.05, 0) is 64.0 Å². The van der Waals surface area contributed by atoms with Gasteiger partial charge in [0.25, 0.3) is 0 Å². The Morgan fingerprint density at radius 1 is 0.880 bits per heavy atom. The first-order chi connectivity index (χ1) is 12.1. The smallest absolute Gasteiger partial charge is 0.182 e. The quantitative estimate of drug-likeness (QED) is 0.815. The van der Waals surface area contributed by atoms with E-state index in [1.807, 2.05) is 12.1 Å². The molecule has 2 fully saturated rings. The van der Waals surface area contributed by atoms with E-state index >= 15 is 0 Å². The number of ketones is 1. The molecule has 0 radical (unpaired) electrons. The Bertz CT molecular complexity index is 554. The molecule has 138 valence electrons. The summed E-state index contributed by atoms with van der Waals surface area (Å²) in [5.41, 5.74) is 1.58. The van der Waals surface area contributed by atoms with Crippen LogP contribution in [0.3, 0.4) is 0 Å². The second kappa shape index (κ2) is 8.30. The lowest BCUT2D eigenvalue weighted by Gasteiger charge is -2.36. The van der Waals surface area contributed by atoms with Crippen molar-refractivity contribution >= 4 is 11.5 Å². The van der Waals surface area contributed by atoms with Gasteiger partial charge >= 0.3 is 0 Å². The molecule has 2 aliphatic heterocycles. The van der Waals surface area contributed by atoms with E-state index in [0.29, 0.717) is 0 Å². The molecule has 1 aromatic carbocycles. The van der Waals surface area contributed by atoms with Crippen LogP contribution in [0.5, 0.6) is 0 Å². The molecule has 0 aliphatic carbocycles. The highest BCUT2D eigenvalue weighted by Gasteiger charge is 2.35. The number of rotatable bonds is 4. The van der Waals surface area contributed by atoms with E-state index in [9.17, 15) is 4.79 Å². The van der Waals surface area contributed by atoms with E-state index in [4.69, 9.17) is 0 Å². The molecule has 2 N–H and O–H groups in total. The summed E-state index contributed by atoms with van der Waals surface area (Å²) in [4.78, 5) is 17.9. The van der Waals surface area contributed by atoms with Crippen LogP contribution in [0.1, 0.15) is 37.0 Å². The van der Waals surface area contributed by atoms with Gasteiger partial charge in [-0.25, -0.2) is 0 Å². The van der Waals surface area contributed by atoms with Gasteiger partial charge in [-0.15, -0.1) is 0 Å². The standard InChI is InChI=1S/C20H32N4O/c1-20(2,24-14-4-10-22-12-16-24)19(25)17-5-7-18(8-6-17)23-13-3-9-21-11-15-23/h5-8,21-22H,3-4,9-16H2,1-2H3. The summed E-state index contributed by atoms with van der Waals surface area (Å²) < 4.78 is 0. The van der Waals surface area contributed by atoms with Crippen molar-refractivity contribution in [2.24, 2.45) is 0 Å². The molecule has 5 heteroatoms. The molecule has 0 saturated carbocycles. The lowest BCUT2D eigenvalue weighted by atomic mass is 9.90. The Kier molecular flexibility index (Phi) is 6.10. The number of Topliss-reactive ketones (excluding diaryl/α,β-unsaturated/α-hetero) is 1. The van der Waals surface area contributed by atoms with Gasteiger partial charge in [-0.1, -0.05) is 0 Å². The fourth-order valence-corrected chi connectivity index (χ4v) is 3.83. The van der Waals surface area contributed by atoms with Gasteiger partial charge in [-0.2, -0.15) is 0 Å². The predicted octanol–water partition coefficient (Wildman–Crippen LogP) is 1.74. The first-order valence-corrected chi connectivity index (χ1v) is 9.65. The molecule has 3 rings (SSSR count). The normalized spacial score (nSPS) is 20.8. The van der Waals surface area contributed by atoms with Gasteiger partial charge in [0.2, 0.25) is 0 Å². The van der Waals surface area contributed by atoms with Crippen molar-refractivity contribution in [1.82, 2.24) is 15.5 Å². The van der Waals surface area contributed by atoms with E-state index in [-0.39, 0.29) is 5.78 Å². The third kappa shape index (κ3) is 4.40. The topological polar surface area (TPSA) is 47.6 Å². The molecule has 0 aromatic heterocycles. The highest BCUT2D eigenvalue weighted by molar-refractivity contribution is 6.02. The van der Waals surface area contributed by atoms with Crippen molar-refractivity contribution in [3.05, 3.63) is 29.8 Å². The second-order valence-electron chi connectivity index (χ2n) is 7.62. The van der Waals surface area contributed by atoms with Gasteiger partial charge in [-0.3, -0.25) is 9.69 Å². The first kappa shape index (κ1) is 18.4. The minimum Gasteiger partial charge on any atom is -0.370 e. The van der Waals surface area contributed by atoms with Crippen molar-refractivity contribution in [3.8, 4) is 0 Å². The summed E-state index contributed by atoms with van der Waals surface area (Å²) in [5.74, 6) is 0.221. The third-order valence-corrected chi connectivity index (χ3v) is 5.52. The molecule has 0 bridgehead atoms. The summed E-state index contributed by atoms with van der Waals surface area (Å²) in [6.07, 6.45) is 2.26. The van der Waals surface area contributed by atoms with Gasteiger partial charge in [0.05, 0.1) is 5.54 Å². The van der Waals surface area contributed by atoms with Gasteiger partial charge in [0.15, 0.2) is 5.78 Å². The van der Waals surface area contributed by atoms with Crippen LogP contribution in [0.15, 0.2) is 24.3 Å². The SMILES string of the molecule is CC(C)(C(=O)c1ccc(N2CCCNCC2)cc1)N1CCCNCC1. The van der Waals surface area contributed by atoms with Crippen LogP contribution < -0.4 is 15.5 Å². The van der Waals surface area contributed by atoms with Crippen molar-refractivity contribution < 1.29 is 4.79 Å². The van der Waals surface area contributed by atoms with E-state index in [1.54, 1.807) is 0 Å². The van der Waals surface area contributed by atoms with Crippen LogP contribution in [0.4, 0.5) is 5.69 Å². The molecule has 2 aliphatic rings. The number of anilines is 1. The number of carbonyl (C=O) groups excluding carboxylic acids is 1. The molecule has 5 nitrogen and oxygen atoms in total. The minimum absolute atomic E-state index is 0.221. The Morgan fingerprint density at radius 2 is 1.52 bits per heavy atom. The maximum Gasteiger partial charge on any atom is 0.182 e. The van der Waals surface area contributed by atoms with E-state index in [1.165, 1.54) is 5.69 Å². The van der Waals surface area contributed by atoms with Crippen molar-refractivity contribution in [2.45, 2.75) is 32.2 Å². The summed E-state index contributed by atoms with van der Waals surface area (Å²) >= 11 is 0. The minimum atomic E-state index is -0.458. The van der Waals surface area contributed by atoms with Crippen LogP contribution in [0.2, 0.25) is 0 Å². The molecule has 0 unspecified atom stereocenters. The van der Waals surface area contributed by atoms with Crippen molar-refractivity contribution in [3.63, 3.8) is 0 Å². The van der Waals surface area contributed by atoms with Crippen molar-refractivity contribution in [2.75, 3.05) is 57.3 Å². The van der Waals surface area contributed by atoms with Gasteiger partial charge in [0, 0.05) is 50.5 Å². The predicted molar refractivity (Wildman–Crippen MR) is 104 cm³/mol. The molecular weight excluding hydrogens is 312 g/mol. The molecule has 2 saturated heterocycles. The number of nitrogens with one attached hydrogen (secondary N) is 2. The average molecular weight is 345 g/mol. The molecule has 2 heterocycles. The van der Waals surface area contributed by atoms with Crippen molar-refractivity contribution in [1.29, 1.82) is 0 Å². The van der Waals surface area contributed by atoms with Crippen LogP contribution in [0, 0.1) is 0 Å². The van der Waals surface area contributed by atoms with Crippen LogP contribution in [-0.4, -0.2) is 68.6 Å². The van der Waals surface area contributed by atoms with Gasteiger partial charge < -0.3 is 15.5 Å². The Morgan fingerprint density at radius 3 is 2.24 bits per heavy atom. The third-order valence-electron chi connectivity index (χ3n) is 5.52. The fraction of sp³-hybridized carbons (Fsp3) is 0.650. The number of benzene rings is 1. The number of hydrogen-bond acceptors (Lipinski definition) is 5. The molecule has 0 atom stereocenters. The monoisotopic (exact) mass is 344 g/mol.